The molecule has 2 rings (SSSR count). The van der Waals surface area contributed by atoms with Crippen molar-refractivity contribution in [2.45, 2.75) is 52.5 Å². The molecule has 0 aliphatic heterocycles. The van der Waals surface area contributed by atoms with Crippen LogP contribution in [0.2, 0.25) is 0 Å². The zero-order valence-corrected chi connectivity index (χ0v) is 14.7. The molecule has 0 aliphatic carbocycles. The van der Waals surface area contributed by atoms with Crippen LogP contribution in [-0.2, 0) is 5.41 Å². The highest BCUT2D eigenvalue weighted by Gasteiger charge is 2.24. The number of rotatable bonds is 5. The molecule has 0 spiro atoms. The summed E-state index contributed by atoms with van der Waals surface area (Å²) >= 11 is 1.90. The van der Waals surface area contributed by atoms with E-state index >= 15 is 0 Å². The highest BCUT2D eigenvalue weighted by Crippen LogP contribution is 2.35. The van der Waals surface area contributed by atoms with Gasteiger partial charge >= 0.3 is 0 Å². The lowest BCUT2D eigenvalue weighted by molar-refractivity contribution is 0.551. The number of benzene rings is 1. The van der Waals surface area contributed by atoms with Gasteiger partial charge in [0.1, 0.15) is 0 Å². The monoisotopic (exact) mass is 301 g/mol. The minimum Gasteiger partial charge on any atom is -0.306 e. The zero-order valence-electron chi connectivity index (χ0n) is 13.9. The Balaban J connectivity index is 2.46. The molecule has 1 aromatic heterocycles. The second-order valence-corrected chi connectivity index (χ2v) is 7.99. The molecule has 1 N–H and O–H groups in total. The Labute approximate surface area is 133 Å². The third-order valence-corrected chi connectivity index (χ3v) is 4.79. The van der Waals surface area contributed by atoms with Crippen LogP contribution >= 0.6 is 11.3 Å². The molecular weight excluding hydrogens is 274 g/mol. The molecule has 2 aromatic rings. The SMILES string of the molecule is CCCNC(c1ccc(C)s1)c1ccccc1C(C)(C)C. The van der Waals surface area contributed by atoms with Gasteiger partial charge in [0.05, 0.1) is 6.04 Å². The largest absolute Gasteiger partial charge is 0.306 e. The van der Waals surface area contributed by atoms with Crippen LogP contribution in [-0.4, -0.2) is 6.54 Å². The van der Waals surface area contributed by atoms with Gasteiger partial charge in [-0.3, -0.25) is 0 Å². The number of hydrogen-bond acceptors (Lipinski definition) is 2. The average Bonchev–Trinajstić information content (AvgIpc) is 2.85. The standard InChI is InChI=1S/C19H27NS/c1-6-13-20-18(17-12-11-14(2)21-17)15-9-7-8-10-16(15)19(3,4)5/h7-12,18,20H,6,13H2,1-5H3. The van der Waals surface area contributed by atoms with E-state index in [1.165, 1.54) is 20.9 Å². The van der Waals surface area contributed by atoms with Crippen LogP contribution < -0.4 is 5.32 Å². The van der Waals surface area contributed by atoms with Crippen molar-refractivity contribution in [2.75, 3.05) is 6.54 Å². The second kappa shape index (κ2) is 6.76. The first-order valence-electron chi connectivity index (χ1n) is 7.82. The summed E-state index contributed by atoms with van der Waals surface area (Å²) in [7, 11) is 0. The van der Waals surface area contributed by atoms with Crippen molar-refractivity contribution in [3.63, 3.8) is 0 Å². The summed E-state index contributed by atoms with van der Waals surface area (Å²) in [6.07, 6.45) is 1.15. The van der Waals surface area contributed by atoms with Gasteiger partial charge in [0.15, 0.2) is 0 Å². The van der Waals surface area contributed by atoms with Gasteiger partial charge in [-0.2, -0.15) is 0 Å². The number of nitrogens with one attached hydrogen (secondary N) is 1. The van der Waals surface area contributed by atoms with E-state index in [1.54, 1.807) is 0 Å². The molecule has 2 heteroatoms. The van der Waals surface area contributed by atoms with Crippen molar-refractivity contribution in [1.29, 1.82) is 0 Å². The molecule has 1 unspecified atom stereocenters. The summed E-state index contributed by atoms with van der Waals surface area (Å²) in [6, 6.07) is 13.7. The van der Waals surface area contributed by atoms with Crippen LogP contribution in [0, 0.1) is 6.92 Å². The minimum absolute atomic E-state index is 0.162. The predicted molar refractivity (Wildman–Crippen MR) is 94.3 cm³/mol. The van der Waals surface area contributed by atoms with E-state index in [9.17, 15) is 0 Å². The summed E-state index contributed by atoms with van der Waals surface area (Å²) < 4.78 is 0. The highest BCUT2D eigenvalue weighted by atomic mass is 32.1. The van der Waals surface area contributed by atoms with Gasteiger partial charge in [-0.25, -0.2) is 0 Å². The Morgan fingerprint density at radius 3 is 2.38 bits per heavy atom. The first-order valence-corrected chi connectivity index (χ1v) is 8.64. The van der Waals surface area contributed by atoms with Crippen LogP contribution in [0.4, 0.5) is 0 Å². The van der Waals surface area contributed by atoms with Crippen molar-refractivity contribution in [3.05, 3.63) is 57.3 Å². The molecule has 0 amide bonds. The summed E-state index contributed by atoms with van der Waals surface area (Å²) in [5.41, 5.74) is 3.01. The molecule has 1 aromatic carbocycles. The maximum atomic E-state index is 3.74. The fourth-order valence-electron chi connectivity index (χ4n) is 2.69. The van der Waals surface area contributed by atoms with E-state index in [1.807, 2.05) is 11.3 Å². The van der Waals surface area contributed by atoms with Crippen LogP contribution in [0.15, 0.2) is 36.4 Å². The Morgan fingerprint density at radius 1 is 1.10 bits per heavy atom. The van der Waals surface area contributed by atoms with Gasteiger partial charge in [0, 0.05) is 9.75 Å². The van der Waals surface area contributed by atoms with Crippen molar-refractivity contribution < 1.29 is 0 Å². The van der Waals surface area contributed by atoms with Gasteiger partial charge in [-0.15, -0.1) is 11.3 Å². The van der Waals surface area contributed by atoms with E-state index < -0.39 is 0 Å². The molecular formula is C19H27NS. The van der Waals surface area contributed by atoms with Gasteiger partial charge in [-0.05, 0) is 48.6 Å². The van der Waals surface area contributed by atoms with Crippen molar-refractivity contribution in [3.8, 4) is 0 Å². The minimum atomic E-state index is 0.162. The summed E-state index contributed by atoms with van der Waals surface area (Å²) in [5.74, 6) is 0. The Bertz CT molecular complexity index is 577. The van der Waals surface area contributed by atoms with Gasteiger partial charge < -0.3 is 5.32 Å². The first-order chi connectivity index (χ1) is 9.93. The van der Waals surface area contributed by atoms with Crippen molar-refractivity contribution in [2.24, 2.45) is 0 Å². The van der Waals surface area contributed by atoms with E-state index in [4.69, 9.17) is 0 Å². The number of thiophene rings is 1. The van der Waals surface area contributed by atoms with E-state index in [0.717, 1.165) is 13.0 Å². The molecule has 0 saturated heterocycles. The molecule has 0 aliphatic rings. The molecule has 1 heterocycles. The van der Waals surface area contributed by atoms with E-state index in [0.29, 0.717) is 6.04 Å². The van der Waals surface area contributed by atoms with Gasteiger partial charge in [0.2, 0.25) is 0 Å². The summed E-state index contributed by atoms with van der Waals surface area (Å²) in [4.78, 5) is 2.79. The third-order valence-electron chi connectivity index (χ3n) is 3.72. The Kier molecular flexibility index (Phi) is 5.23. The van der Waals surface area contributed by atoms with Gasteiger partial charge in [0.25, 0.3) is 0 Å². The van der Waals surface area contributed by atoms with Crippen LogP contribution in [0.5, 0.6) is 0 Å². The van der Waals surface area contributed by atoms with Crippen LogP contribution in [0.25, 0.3) is 0 Å². The quantitative estimate of drug-likeness (QED) is 0.775. The van der Waals surface area contributed by atoms with E-state index in [-0.39, 0.29) is 5.41 Å². The Hall–Kier alpha value is -1.12. The number of aryl methyl sites for hydroxylation is 1. The molecule has 0 bridgehead atoms. The highest BCUT2D eigenvalue weighted by molar-refractivity contribution is 7.12. The van der Waals surface area contributed by atoms with Crippen molar-refractivity contribution >= 4 is 11.3 Å². The number of hydrogen-bond donors (Lipinski definition) is 1. The second-order valence-electron chi connectivity index (χ2n) is 6.67. The Morgan fingerprint density at radius 2 is 1.81 bits per heavy atom. The van der Waals surface area contributed by atoms with E-state index in [2.05, 4.69) is 76.3 Å². The fourth-order valence-corrected chi connectivity index (χ4v) is 3.66. The lowest BCUT2D eigenvalue weighted by Gasteiger charge is -2.28. The summed E-state index contributed by atoms with van der Waals surface area (Å²) in [5, 5.41) is 3.74. The van der Waals surface area contributed by atoms with Gasteiger partial charge in [-0.1, -0.05) is 52.0 Å². The third kappa shape index (κ3) is 3.96. The van der Waals surface area contributed by atoms with Crippen molar-refractivity contribution in [1.82, 2.24) is 5.32 Å². The fraction of sp³-hybridized carbons (Fsp3) is 0.474. The maximum absolute atomic E-state index is 3.74. The topological polar surface area (TPSA) is 12.0 Å². The lowest BCUT2D eigenvalue weighted by atomic mass is 9.81. The lowest BCUT2D eigenvalue weighted by Crippen LogP contribution is -2.26. The zero-order chi connectivity index (χ0) is 15.5. The maximum Gasteiger partial charge on any atom is 0.0674 e. The molecule has 0 saturated carbocycles. The molecule has 1 atom stereocenters. The van der Waals surface area contributed by atoms with Crippen LogP contribution in [0.1, 0.15) is 61.0 Å². The molecule has 0 fully saturated rings. The summed E-state index contributed by atoms with van der Waals surface area (Å²) in [6.45, 7) is 12.3. The molecule has 0 radical (unpaired) electrons. The molecule has 21 heavy (non-hydrogen) atoms. The first kappa shape index (κ1) is 16.3. The van der Waals surface area contributed by atoms with Crippen LogP contribution in [0.3, 0.4) is 0 Å². The smallest absolute Gasteiger partial charge is 0.0674 e. The predicted octanol–water partition coefficient (Wildman–Crippen LogP) is 5.44. The average molecular weight is 301 g/mol. The normalized spacial score (nSPS) is 13.4. The molecule has 1 nitrogen and oxygen atoms in total. The molecule has 114 valence electrons.